The van der Waals surface area contributed by atoms with Gasteiger partial charge in [0.25, 0.3) is 0 Å². The maximum atomic E-state index is 4.84. The minimum atomic E-state index is 0.281. The normalized spacial score (nSPS) is 17.7. The van der Waals surface area contributed by atoms with E-state index in [2.05, 4.69) is 73.2 Å². The van der Waals surface area contributed by atoms with Crippen LogP contribution in [0, 0.1) is 0 Å². The van der Waals surface area contributed by atoms with Gasteiger partial charge in [0.2, 0.25) is 11.3 Å². The van der Waals surface area contributed by atoms with Crippen molar-refractivity contribution in [3.63, 3.8) is 0 Å². The molecule has 1 saturated heterocycles. The second-order valence-corrected chi connectivity index (χ2v) is 8.13. The third kappa shape index (κ3) is 3.66. The van der Waals surface area contributed by atoms with Gasteiger partial charge in [0.05, 0.1) is 12.6 Å². The molecule has 4 aromatic rings. The number of likely N-dealkylation sites (N-methyl/N-ethyl adjacent to an activating group) is 1. The van der Waals surface area contributed by atoms with Crippen LogP contribution in [-0.4, -0.2) is 51.9 Å². The Morgan fingerprint density at radius 2 is 1.90 bits per heavy atom. The van der Waals surface area contributed by atoms with Gasteiger partial charge in [-0.2, -0.15) is 0 Å². The zero-order valence-electron chi connectivity index (χ0n) is 16.0. The maximum Gasteiger partial charge on any atom is 0.245 e. The number of nitrogens with one attached hydrogen (secondary N) is 1. The second-order valence-electron chi connectivity index (χ2n) is 7.09. The first-order valence-corrected chi connectivity index (χ1v) is 10.4. The third-order valence-electron chi connectivity index (χ3n) is 5.24. The lowest BCUT2D eigenvalue weighted by atomic mass is 10.0. The molecule has 1 fully saturated rings. The molecule has 1 atom stereocenters. The van der Waals surface area contributed by atoms with Crippen molar-refractivity contribution in [3.8, 4) is 0 Å². The molecule has 1 aliphatic heterocycles. The molecule has 1 aliphatic rings. The molecule has 0 saturated carbocycles. The fourth-order valence-electron chi connectivity index (χ4n) is 3.65. The number of piperazine rings is 1. The summed E-state index contributed by atoms with van der Waals surface area (Å²) in [7, 11) is 2.17. The van der Waals surface area contributed by atoms with Crippen LogP contribution in [0.2, 0.25) is 0 Å². The first-order chi connectivity index (χ1) is 14.3. The number of aromatic nitrogens is 4. The number of hydrogen-bond acceptors (Lipinski definition) is 9. The first-order valence-electron chi connectivity index (χ1n) is 9.54. The molecule has 0 aliphatic carbocycles. The summed E-state index contributed by atoms with van der Waals surface area (Å²) < 4.78 is 4.84. The smallest absolute Gasteiger partial charge is 0.245 e. The van der Waals surface area contributed by atoms with E-state index in [-0.39, 0.29) is 6.04 Å². The molecular weight excluding hydrogens is 386 g/mol. The lowest BCUT2D eigenvalue weighted by Gasteiger charge is -2.40. The lowest BCUT2D eigenvalue weighted by molar-refractivity contribution is 0.220. The zero-order chi connectivity index (χ0) is 19.6. The fourth-order valence-corrected chi connectivity index (χ4v) is 4.30. The Bertz CT molecular complexity index is 1080. The highest BCUT2D eigenvalue weighted by Crippen LogP contribution is 2.31. The molecule has 1 unspecified atom stereocenters. The predicted octanol–water partition coefficient (Wildman–Crippen LogP) is 3.18. The van der Waals surface area contributed by atoms with Crippen LogP contribution in [0.5, 0.6) is 0 Å². The predicted molar refractivity (Wildman–Crippen MR) is 113 cm³/mol. The first kappa shape index (κ1) is 18.0. The van der Waals surface area contributed by atoms with E-state index in [1.54, 1.807) is 11.3 Å². The number of thiophene rings is 1. The summed E-state index contributed by atoms with van der Waals surface area (Å²) in [5.74, 6) is 1.50. The van der Waals surface area contributed by atoms with Crippen molar-refractivity contribution in [2.45, 2.75) is 12.6 Å². The van der Waals surface area contributed by atoms with Gasteiger partial charge in [-0.1, -0.05) is 36.4 Å². The number of nitrogens with zero attached hydrogens (tertiary/aromatic N) is 6. The van der Waals surface area contributed by atoms with Crippen molar-refractivity contribution < 1.29 is 4.63 Å². The minimum absolute atomic E-state index is 0.281. The molecule has 5 rings (SSSR count). The van der Waals surface area contributed by atoms with Gasteiger partial charge in [-0.3, -0.25) is 4.90 Å². The van der Waals surface area contributed by atoms with E-state index < -0.39 is 0 Å². The van der Waals surface area contributed by atoms with Gasteiger partial charge in [0.15, 0.2) is 11.6 Å². The Labute approximate surface area is 172 Å². The van der Waals surface area contributed by atoms with Gasteiger partial charge >= 0.3 is 0 Å². The van der Waals surface area contributed by atoms with Gasteiger partial charge in [0.1, 0.15) is 0 Å². The van der Waals surface area contributed by atoms with Crippen molar-refractivity contribution in [3.05, 3.63) is 58.3 Å². The Balaban J connectivity index is 1.46. The summed E-state index contributed by atoms with van der Waals surface area (Å²) in [6.45, 7) is 3.30. The SMILES string of the molecule is CN1CCN(c2nc3nonc3nc2NCc2cccs2)CC1c1ccccc1. The molecule has 9 heteroatoms. The monoisotopic (exact) mass is 407 g/mol. The highest BCUT2D eigenvalue weighted by molar-refractivity contribution is 7.09. The molecular formula is C20H21N7OS. The fraction of sp³-hybridized carbons (Fsp3) is 0.300. The second kappa shape index (κ2) is 7.76. The average molecular weight is 408 g/mol. The summed E-state index contributed by atoms with van der Waals surface area (Å²) in [6.07, 6.45) is 0. The van der Waals surface area contributed by atoms with Crippen LogP contribution in [0.4, 0.5) is 11.6 Å². The summed E-state index contributed by atoms with van der Waals surface area (Å²) in [5.41, 5.74) is 2.14. The Morgan fingerprint density at radius 1 is 1.07 bits per heavy atom. The molecule has 1 aromatic carbocycles. The lowest BCUT2D eigenvalue weighted by Crippen LogP contribution is -2.47. The van der Waals surface area contributed by atoms with E-state index in [1.165, 1.54) is 10.4 Å². The molecule has 0 bridgehead atoms. The van der Waals surface area contributed by atoms with Crippen molar-refractivity contribution in [2.75, 3.05) is 36.9 Å². The van der Waals surface area contributed by atoms with E-state index in [0.29, 0.717) is 23.7 Å². The van der Waals surface area contributed by atoms with Crippen molar-refractivity contribution >= 4 is 34.3 Å². The number of anilines is 2. The number of rotatable bonds is 5. The highest BCUT2D eigenvalue weighted by Gasteiger charge is 2.29. The summed E-state index contributed by atoms with van der Waals surface area (Å²) >= 11 is 1.71. The standard InChI is InChI=1S/C20H21N7OS/c1-26-9-10-27(13-16(26)14-6-3-2-4-7-14)20-19(21-12-15-8-5-11-29-15)22-17-18(23-20)25-28-24-17/h2-8,11,16H,9-10,12-13H2,1H3,(H,21,22,24). The molecule has 29 heavy (non-hydrogen) atoms. The van der Waals surface area contributed by atoms with Gasteiger partial charge in [-0.25, -0.2) is 14.6 Å². The van der Waals surface area contributed by atoms with E-state index in [1.807, 2.05) is 12.1 Å². The molecule has 0 radical (unpaired) electrons. The molecule has 1 N–H and O–H groups in total. The Kier molecular flexibility index (Phi) is 4.82. The van der Waals surface area contributed by atoms with E-state index in [4.69, 9.17) is 9.61 Å². The molecule has 148 valence electrons. The van der Waals surface area contributed by atoms with Crippen LogP contribution in [-0.2, 0) is 6.54 Å². The van der Waals surface area contributed by atoms with E-state index in [9.17, 15) is 0 Å². The summed E-state index contributed by atoms with van der Waals surface area (Å²) in [5, 5.41) is 13.3. The number of benzene rings is 1. The minimum Gasteiger partial charge on any atom is -0.362 e. The summed E-state index contributed by atoms with van der Waals surface area (Å²) in [4.78, 5) is 15.3. The molecule has 0 spiro atoms. The van der Waals surface area contributed by atoms with Crippen LogP contribution in [0.1, 0.15) is 16.5 Å². The maximum absolute atomic E-state index is 4.84. The van der Waals surface area contributed by atoms with Crippen LogP contribution in [0.25, 0.3) is 11.3 Å². The van der Waals surface area contributed by atoms with Crippen molar-refractivity contribution in [1.82, 2.24) is 25.2 Å². The molecule has 0 amide bonds. The zero-order valence-corrected chi connectivity index (χ0v) is 16.8. The average Bonchev–Trinajstić information content (AvgIpc) is 3.44. The van der Waals surface area contributed by atoms with Crippen LogP contribution in [0.15, 0.2) is 52.5 Å². The van der Waals surface area contributed by atoms with E-state index in [0.717, 1.165) is 25.5 Å². The van der Waals surface area contributed by atoms with Crippen LogP contribution in [0.3, 0.4) is 0 Å². The quantitative estimate of drug-likeness (QED) is 0.540. The van der Waals surface area contributed by atoms with Gasteiger partial charge < -0.3 is 10.2 Å². The molecule has 8 nitrogen and oxygen atoms in total. The number of hydrogen-bond donors (Lipinski definition) is 1. The third-order valence-corrected chi connectivity index (χ3v) is 6.11. The topological polar surface area (TPSA) is 83.2 Å². The Morgan fingerprint density at radius 3 is 2.69 bits per heavy atom. The van der Waals surface area contributed by atoms with Crippen molar-refractivity contribution in [1.29, 1.82) is 0 Å². The van der Waals surface area contributed by atoms with Gasteiger partial charge in [-0.05, 0) is 34.4 Å². The summed E-state index contributed by atoms with van der Waals surface area (Å²) in [6, 6.07) is 15.0. The van der Waals surface area contributed by atoms with Crippen LogP contribution < -0.4 is 10.2 Å². The van der Waals surface area contributed by atoms with Gasteiger partial charge in [-0.15, -0.1) is 11.3 Å². The Hall–Kier alpha value is -3.04. The number of fused-ring (bicyclic) bond motifs is 1. The molecule has 4 heterocycles. The highest BCUT2D eigenvalue weighted by atomic mass is 32.1. The molecule has 3 aromatic heterocycles. The largest absolute Gasteiger partial charge is 0.362 e. The van der Waals surface area contributed by atoms with Gasteiger partial charge in [0, 0.05) is 24.5 Å². The van der Waals surface area contributed by atoms with Crippen LogP contribution >= 0.6 is 11.3 Å². The van der Waals surface area contributed by atoms with Crippen molar-refractivity contribution in [2.24, 2.45) is 0 Å². The van der Waals surface area contributed by atoms with E-state index >= 15 is 0 Å².